The first-order valence-corrected chi connectivity index (χ1v) is 4.96. The van der Waals surface area contributed by atoms with Crippen molar-refractivity contribution in [2.24, 2.45) is 0 Å². The van der Waals surface area contributed by atoms with E-state index in [0.717, 1.165) is 23.5 Å². The van der Waals surface area contributed by atoms with E-state index in [1.54, 1.807) is 14.2 Å². The van der Waals surface area contributed by atoms with Gasteiger partial charge in [-0.05, 0) is 25.0 Å². The van der Waals surface area contributed by atoms with Crippen LogP contribution in [0.25, 0.3) is 0 Å². The van der Waals surface area contributed by atoms with Crippen molar-refractivity contribution in [1.82, 2.24) is 0 Å². The molecule has 0 heterocycles. The zero-order valence-electron chi connectivity index (χ0n) is 8.71. The van der Waals surface area contributed by atoms with Gasteiger partial charge in [0.2, 0.25) is 0 Å². The molecule has 0 spiro atoms. The van der Waals surface area contributed by atoms with Gasteiger partial charge in [-0.2, -0.15) is 0 Å². The fourth-order valence-corrected chi connectivity index (χ4v) is 1.58. The number of methoxy groups -OCH3 is 2. The lowest BCUT2D eigenvalue weighted by molar-refractivity contribution is 0.351. The molecule has 3 heteroatoms. The van der Waals surface area contributed by atoms with E-state index in [-0.39, 0.29) is 5.38 Å². The van der Waals surface area contributed by atoms with Crippen molar-refractivity contribution in [3.63, 3.8) is 0 Å². The van der Waals surface area contributed by atoms with Crippen LogP contribution >= 0.6 is 11.6 Å². The third kappa shape index (κ3) is 2.55. The highest BCUT2D eigenvalue weighted by atomic mass is 35.5. The van der Waals surface area contributed by atoms with Crippen molar-refractivity contribution in [2.45, 2.75) is 18.7 Å². The molecule has 1 unspecified atom stereocenters. The molecule has 14 heavy (non-hydrogen) atoms. The predicted molar refractivity (Wildman–Crippen MR) is 58.6 cm³/mol. The lowest BCUT2D eigenvalue weighted by Crippen LogP contribution is -2.01. The normalized spacial score (nSPS) is 12.3. The Kier molecular flexibility index (Phi) is 4.08. The minimum absolute atomic E-state index is 0.0935. The monoisotopic (exact) mass is 214 g/mol. The Balaban J connectivity index is 3.02. The van der Waals surface area contributed by atoms with E-state index in [1.165, 1.54) is 0 Å². The van der Waals surface area contributed by atoms with E-state index in [1.807, 2.05) is 25.1 Å². The molecule has 0 aliphatic carbocycles. The van der Waals surface area contributed by atoms with E-state index >= 15 is 0 Å². The number of halogens is 1. The van der Waals surface area contributed by atoms with Gasteiger partial charge in [-0.3, -0.25) is 0 Å². The summed E-state index contributed by atoms with van der Waals surface area (Å²) in [5.74, 6) is 1.53. The third-order valence-electron chi connectivity index (χ3n) is 1.99. The van der Waals surface area contributed by atoms with Crippen LogP contribution in [0.3, 0.4) is 0 Å². The summed E-state index contributed by atoms with van der Waals surface area (Å²) in [6.07, 6.45) is 0.780. The average molecular weight is 215 g/mol. The molecular formula is C11H15ClO2. The molecule has 0 saturated carbocycles. The van der Waals surface area contributed by atoms with Crippen molar-refractivity contribution in [1.29, 1.82) is 0 Å². The SMILES string of the molecule is COc1cccc(CC(C)Cl)c1OC. The Morgan fingerprint density at radius 3 is 2.50 bits per heavy atom. The van der Waals surface area contributed by atoms with Crippen molar-refractivity contribution < 1.29 is 9.47 Å². The topological polar surface area (TPSA) is 18.5 Å². The maximum atomic E-state index is 5.94. The highest BCUT2D eigenvalue weighted by Crippen LogP contribution is 2.31. The van der Waals surface area contributed by atoms with Gasteiger partial charge in [-0.25, -0.2) is 0 Å². The van der Waals surface area contributed by atoms with Gasteiger partial charge in [0.1, 0.15) is 0 Å². The van der Waals surface area contributed by atoms with Crippen LogP contribution in [0.5, 0.6) is 11.5 Å². The van der Waals surface area contributed by atoms with Crippen LogP contribution in [0.15, 0.2) is 18.2 Å². The molecule has 0 aliphatic rings. The summed E-state index contributed by atoms with van der Waals surface area (Å²) in [6.45, 7) is 1.96. The summed E-state index contributed by atoms with van der Waals surface area (Å²) >= 11 is 5.94. The second-order valence-electron chi connectivity index (χ2n) is 3.14. The van der Waals surface area contributed by atoms with Gasteiger partial charge in [0.05, 0.1) is 14.2 Å². The molecule has 0 radical (unpaired) electrons. The molecule has 0 aromatic heterocycles. The van der Waals surface area contributed by atoms with E-state index in [4.69, 9.17) is 21.1 Å². The molecule has 0 bridgehead atoms. The molecular weight excluding hydrogens is 200 g/mol. The van der Waals surface area contributed by atoms with Crippen molar-refractivity contribution >= 4 is 11.6 Å². The second-order valence-corrected chi connectivity index (χ2v) is 3.88. The molecule has 2 nitrogen and oxygen atoms in total. The van der Waals surface area contributed by atoms with Crippen LogP contribution in [0.2, 0.25) is 0 Å². The average Bonchev–Trinajstić information content (AvgIpc) is 2.16. The first-order chi connectivity index (χ1) is 6.69. The van der Waals surface area contributed by atoms with Crippen LogP contribution in [-0.4, -0.2) is 19.6 Å². The summed E-state index contributed by atoms with van der Waals surface area (Å²) in [7, 11) is 3.27. The molecule has 1 aromatic carbocycles. The summed E-state index contributed by atoms with van der Waals surface area (Å²) in [4.78, 5) is 0. The number of ether oxygens (including phenoxy) is 2. The third-order valence-corrected chi connectivity index (χ3v) is 2.14. The standard InChI is InChI=1S/C11H15ClO2/c1-8(12)7-9-5-4-6-10(13-2)11(9)14-3/h4-6,8H,7H2,1-3H3. The van der Waals surface area contributed by atoms with Crippen molar-refractivity contribution in [3.05, 3.63) is 23.8 Å². The number of para-hydroxylation sites is 1. The fraction of sp³-hybridized carbons (Fsp3) is 0.455. The summed E-state index contributed by atoms with van der Waals surface area (Å²) < 4.78 is 10.5. The highest BCUT2D eigenvalue weighted by molar-refractivity contribution is 6.20. The quantitative estimate of drug-likeness (QED) is 0.718. The van der Waals surface area contributed by atoms with Gasteiger partial charge in [0.25, 0.3) is 0 Å². The molecule has 0 aliphatic heterocycles. The van der Waals surface area contributed by atoms with Gasteiger partial charge in [0, 0.05) is 5.38 Å². The van der Waals surface area contributed by atoms with E-state index < -0.39 is 0 Å². The smallest absolute Gasteiger partial charge is 0.163 e. The number of rotatable bonds is 4. The first kappa shape index (κ1) is 11.2. The number of benzene rings is 1. The van der Waals surface area contributed by atoms with Crippen LogP contribution in [0.1, 0.15) is 12.5 Å². The van der Waals surface area contributed by atoms with Crippen LogP contribution < -0.4 is 9.47 Å². The zero-order chi connectivity index (χ0) is 10.6. The van der Waals surface area contributed by atoms with Gasteiger partial charge >= 0.3 is 0 Å². The van der Waals surface area contributed by atoms with Crippen molar-refractivity contribution in [2.75, 3.05) is 14.2 Å². The van der Waals surface area contributed by atoms with Crippen LogP contribution in [-0.2, 0) is 6.42 Å². The van der Waals surface area contributed by atoms with Crippen LogP contribution in [0.4, 0.5) is 0 Å². The number of alkyl halides is 1. The summed E-state index contributed by atoms with van der Waals surface area (Å²) in [5, 5.41) is 0.0935. The minimum Gasteiger partial charge on any atom is -0.493 e. The Labute approximate surface area is 89.8 Å². The minimum atomic E-state index is 0.0935. The maximum Gasteiger partial charge on any atom is 0.163 e. The lowest BCUT2D eigenvalue weighted by atomic mass is 10.1. The molecule has 0 fully saturated rings. The molecule has 0 N–H and O–H groups in total. The Bertz CT molecular complexity index is 297. The van der Waals surface area contributed by atoms with E-state index in [9.17, 15) is 0 Å². The highest BCUT2D eigenvalue weighted by Gasteiger charge is 2.10. The number of hydrogen-bond acceptors (Lipinski definition) is 2. The van der Waals surface area contributed by atoms with Gasteiger partial charge in [0.15, 0.2) is 11.5 Å². The molecule has 1 aromatic rings. The molecule has 78 valence electrons. The lowest BCUT2D eigenvalue weighted by Gasteiger charge is -2.12. The Morgan fingerprint density at radius 2 is 2.00 bits per heavy atom. The zero-order valence-corrected chi connectivity index (χ0v) is 9.47. The van der Waals surface area contributed by atoms with Gasteiger partial charge in [-0.1, -0.05) is 12.1 Å². The van der Waals surface area contributed by atoms with E-state index in [0.29, 0.717) is 0 Å². The van der Waals surface area contributed by atoms with Gasteiger partial charge in [-0.15, -0.1) is 11.6 Å². The summed E-state index contributed by atoms with van der Waals surface area (Å²) in [6, 6.07) is 5.82. The molecule has 0 amide bonds. The van der Waals surface area contributed by atoms with Crippen molar-refractivity contribution in [3.8, 4) is 11.5 Å². The largest absolute Gasteiger partial charge is 0.493 e. The second kappa shape index (κ2) is 5.11. The van der Waals surface area contributed by atoms with E-state index in [2.05, 4.69) is 0 Å². The molecule has 0 saturated heterocycles. The first-order valence-electron chi connectivity index (χ1n) is 4.53. The Hall–Kier alpha value is -0.890. The predicted octanol–water partition coefficient (Wildman–Crippen LogP) is 2.87. The molecule has 1 rings (SSSR count). The molecule has 1 atom stereocenters. The Morgan fingerprint density at radius 1 is 1.29 bits per heavy atom. The van der Waals surface area contributed by atoms with Gasteiger partial charge < -0.3 is 9.47 Å². The fourth-order valence-electron chi connectivity index (χ4n) is 1.42. The van der Waals surface area contributed by atoms with Crippen LogP contribution in [0, 0.1) is 0 Å². The number of hydrogen-bond donors (Lipinski definition) is 0. The summed E-state index contributed by atoms with van der Waals surface area (Å²) in [5.41, 5.74) is 1.08. The maximum absolute atomic E-state index is 5.94.